The average Bonchev–Trinajstić information content (AvgIpc) is 2.77. The van der Waals surface area contributed by atoms with Gasteiger partial charge in [-0.3, -0.25) is 4.90 Å². The molecular weight excluding hydrogens is 453 g/mol. The van der Waals surface area contributed by atoms with Crippen LogP contribution in [0.3, 0.4) is 0 Å². The van der Waals surface area contributed by atoms with Gasteiger partial charge in [-0.2, -0.15) is 0 Å². The molecule has 3 aromatic rings. The minimum absolute atomic E-state index is 0.00298. The van der Waals surface area contributed by atoms with Crippen molar-refractivity contribution in [2.45, 2.75) is 45.3 Å². The van der Waals surface area contributed by atoms with Gasteiger partial charge in [0, 0.05) is 41.5 Å². The molecule has 0 unspecified atom stereocenters. The van der Waals surface area contributed by atoms with Gasteiger partial charge in [0.05, 0.1) is 11.3 Å². The fraction of sp³-hybridized carbons (Fsp3) is 0.400. The summed E-state index contributed by atoms with van der Waals surface area (Å²) in [5, 5.41) is 24.4. The Morgan fingerprint density at radius 1 is 1.26 bits per heavy atom. The molecule has 0 spiro atoms. The fourth-order valence-corrected chi connectivity index (χ4v) is 4.92. The van der Waals surface area contributed by atoms with E-state index in [2.05, 4.69) is 15.3 Å². The summed E-state index contributed by atoms with van der Waals surface area (Å²) in [6.07, 6.45) is 2.89. The first-order valence-corrected chi connectivity index (χ1v) is 11.5. The van der Waals surface area contributed by atoms with Crippen LogP contribution in [-0.4, -0.2) is 51.1 Å². The maximum Gasteiger partial charge on any atom is 0.413 e. The topological polar surface area (TPSA) is 134 Å². The van der Waals surface area contributed by atoms with Crippen molar-refractivity contribution in [1.29, 1.82) is 0 Å². The number of ether oxygens (including phenoxy) is 1. The quantitative estimate of drug-likeness (QED) is 0.408. The highest BCUT2D eigenvalue weighted by molar-refractivity contribution is 5.99. The molecule has 10 heteroatoms. The van der Waals surface area contributed by atoms with Gasteiger partial charge in [-0.1, -0.05) is 0 Å². The van der Waals surface area contributed by atoms with Crippen LogP contribution in [0.5, 0.6) is 5.88 Å². The molecule has 1 aromatic carbocycles. The zero-order chi connectivity index (χ0) is 25.1. The van der Waals surface area contributed by atoms with E-state index in [4.69, 9.17) is 10.5 Å². The van der Waals surface area contributed by atoms with Crippen LogP contribution in [0.25, 0.3) is 21.9 Å². The van der Waals surface area contributed by atoms with Gasteiger partial charge >= 0.3 is 6.09 Å². The van der Waals surface area contributed by atoms with Gasteiger partial charge in [0.15, 0.2) is 5.82 Å². The normalized spacial score (nSPS) is 19.3. The third-order valence-electron chi connectivity index (χ3n) is 7.15. The molecule has 9 nitrogen and oxygen atoms in total. The molecule has 1 saturated carbocycles. The Morgan fingerprint density at radius 2 is 2.00 bits per heavy atom. The third-order valence-corrected chi connectivity index (χ3v) is 7.15. The van der Waals surface area contributed by atoms with E-state index in [-0.39, 0.29) is 29.0 Å². The summed E-state index contributed by atoms with van der Waals surface area (Å²) in [5.74, 6) is 0.121. The zero-order valence-electron chi connectivity index (χ0n) is 19.8. The van der Waals surface area contributed by atoms with Gasteiger partial charge in [0.25, 0.3) is 0 Å². The lowest BCUT2D eigenvalue weighted by Gasteiger charge is -2.46. The molecule has 5 N–H and O–H groups in total. The minimum atomic E-state index is -1.13. The molecule has 3 heterocycles. The van der Waals surface area contributed by atoms with E-state index in [1.165, 1.54) is 11.1 Å². The first kappa shape index (κ1) is 23.1. The molecule has 1 aliphatic carbocycles. The number of rotatable bonds is 4. The second-order valence-electron chi connectivity index (χ2n) is 9.80. The highest BCUT2D eigenvalue weighted by Crippen LogP contribution is 2.42. The molecule has 2 aromatic heterocycles. The van der Waals surface area contributed by atoms with Crippen LogP contribution in [0.2, 0.25) is 0 Å². The van der Waals surface area contributed by atoms with E-state index in [1.54, 1.807) is 32.2 Å². The molecule has 0 radical (unpaired) electrons. The summed E-state index contributed by atoms with van der Waals surface area (Å²) in [5.41, 5.74) is 7.54. The van der Waals surface area contributed by atoms with Crippen LogP contribution < -0.4 is 20.7 Å². The molecule has 0 saturated heterocycles. The first-order valence-electron chi connectivity index (χ1n) is 11.5. The maximum atomic E-state index is 15.4. The van der Waals surface area contributed by atoms with E-state index in [0.29, 0.717) is 53.9 Å². The Kier molecular flexibility index (Phi) is 5.43. The standard InChI is InChI=1S/C25H28FN5O4/c1-12-17(10-30-23-22(12)28-4-5-35-23)16-6-13-7-19(29-11-18(13)21(27)20(16)26)31(24(32)33)15-8-14(9-15)25(2,3)34/h6-7,10-11,14-15,28,34H,4-5,8-9,27H2,1-3H3,(H,32,33)/t14-,15+. The first-order chi connectivity index (χ1) is 16.6. The molecule has 35 heavy (non-hydrogen) atoms. The number of fused-ring (bicyclic) bond motifs is 2. The van der Waals surface area contributed by atoms with E-state index in [0.717, 1.165) is 5.56 Å². The van der Waals surface area contributed by atoms with Gasteiger partial charge in [-0.15, -0.1) is 0 Å². The molecule has 1 fully saturated rings. The lowest BCUT2D eigenvalue weighted by Crippen LogP contribution is -2.53. The summed E-state index contributed by atoms with van der Waals surface area (Å²) in [7, 11) is 0. The molecule has 1 amide bonds. The number of pyridine rings is 2. The van der Waals surface area contributed by atoms with Crippen molar-refractivity contribution < 1.29 is 24.1 Å². The largest absolute Gasteiger partial charge is 0.474 e. The van der Waals surface area contributed by atoms with E-state index >= 15 is 4.39 Å². The van der Waals surface area contributed by atoms with Crippen LogP contribution in [0, 0.1) is 18.7 Å². The number of nitrogen functional groups attached to an aromatic ring is 1. The van der Waals surface area contributed by atoms with Gasteiger partial charge in [-0.25, -0.2) is 19.2 Å². The van der Waals surface area contributed by atoms with Crippen molar-refractivity contribution in [2.24, 2.45) is 5.92 Å². The van der Waals surface area contributed by atoms with Gasteiger partial charge in [-0.05, 0) is 62.6 Å². The van der Waals surface area contributed by atoms with Crippen LogP contribution in [0.1, 0.15) is 32.3 Å². The summed E-state index contributed by atoms with van der Waals surface area (Å²) < 4.78 is 21.0. The Bertz CT molecular complexity index is 1330. The predicted octanol–water partition coefficient (Wildman–Crippen LogP) is 4.16. The van der Waals surface area contributed by atoms with E-state index in [1.807, 2.05) is 6.92 Å². The van der Waals surface area contributed by atoms with Crippen molar-refractivity contribution >= 4 is 34.1 Å². The van der Waals surface area contributed by atoms with E-state index < -0.39 is 17.5 Å². The Labute approximate surface area is 201 Å². The third kappa shape index (κ3) is 3.87. The van der Waals surface area contributed by atoms with Gasteiger partial charge < -0.3 is 26.0 Å². The molecule has 184 valence electrons. The van der Waals surface area contributed by atoms with Crippen molar-refractivity contribution in [3.05, 3.63) is 35.9 Å². The number of hydrogen-bond acceptors (Lipinski definition) is 7. The number of carbonyl (C=O) groups is 1. The Balaban J connectivity index is 1.57. The summed E-state index contributed by atoms with van der Waals surface area (Å²) in [6.45, 7) is 6.44. The highest BCUT2D eigenvalue weighted by Gasteiger charge is 2.43. The number of anilines is 3. The highest BCUT2D eigenvalue weighted by atomic mass is 19.1. The molecule has 1 aliphatic heterocycles. The number of aromatic nitrogens is 2. The molecule has 0 bridgehead atoms. The molecular formula is C25H28FN5O4. The fourth-order valence-electron chi connectivity index (χ4n) is 4.92. The van der Waals surface area contributed by atoms with Crippen molar-refractivity contribution in [3.8, 4) is 17.0 Å². The number of carboxylic acid groups (broad SMARTS) is 1. The number of halogens is 1. The maximum absolute atomic E-state index is 15.4. The van der Waals surface area contributed by atoms with Gasteiger partial charge in [0.2, 0.25) is 5.88 Å². The number of nitrogens with one attached hydrogen (secondary N) is 1. The SMILES string of the molecule is Cc1c(-c2cc3cc(N(C(=O)O)[C@H]4C[C@@H](C(C)(C)O)C4)ncc3c(N)c2F)cnc2c1NCCO2. The summed E-state index contributed by atoms with van der Waals surface area (Å²) >= 11 is 0. The zero-order valence-corrected chi connectivity index (χ0v) is 19.8. The van der Waals surface area contributed by atoms with Gasteiger partial charge in [0.1, 0.15) is 18.1 Å². The second kappa shape index (κ2) is 8.23. The van der Waals surface area contributed by atoms with Crippen molar-refractivity contribution in [2.75, 3.05) is 29.1 Å². The average molecular weight is 482 g/mol. The lowest BCUT2D eigenvalue weighted by molar-refractivity contribution is -0.0268. The predicted molar refractivity (Wildman–Crippen MR) is 131 cm³/mol. The number of hydrogen-bond donors (Lipinski definition) is 4. The number of nitrogens with zero attached hydrogens (tertiary/aromatic N) is 3. The summed E-state index contributed by atoms with van der Waals surface area (Å²) in [4.78, 5) is 22.0. The molecule has 5 rings (SSSR count). The van der Waals surface area contributed by atoms with Crippen molar-refractivity contribution in [3.63, 3.8) is 0 Å². The summed E-state index contributed by atoms with van der Waals surface area (Å²) in [6, 6.07) is 2.96. The van der Waals surface area contributed by atoms with Crippen molar-refractivity contribution in [1.82, 2.24) is 9.97 Å². The number of nitrogens with two attached hydrogens (primary N) is 1. The lowest BCUT2D eigenvalue weighted by atomic mass is 9.70. The van der Waals surface area contributed by atoms with E-state index in [9.17, 15) is 15.0 Å². The van der Waals surface area contributed by atoms with Crippen LogP contribution in [-0.2, 0) is 0 Å². The molecule has 0 atom stereocenters. The number of amides is 1. The number of aliphatic hydroxyl groups is 1. The van der Waals surface area contributed by atoms with Crippen LogP contribution in [0.4, 0.5) is 26.4 Å². The minimum Gasteiger partial charge on any atom is -0.474 e. The Morgan fingerprint density at radius 3 is 2.69 bits per heavy atom. The smallest absolute Gasteiger partial charge is 0.413 e. The van der Waals surface area contributed by atoms with Crippen LogP contribution >= 0.6 is 0 Å². The second-order valence-corrected chi connectivity index (χ2v) is 9.80. The monoisotopic (exact) mass is 481 g/mol. The molecule has 2 aliphatic rings. The Hall–Kier alpha value is -3.66. The number of benzene rings is 1. The van der Waals surface area contributed by atoms with Crippen LogP contribution in [0.15, 0.2) is 24.5 Å².